The van der Waals surface area contributed by atoms with Crippen LogP contribution in [0, 0.1) is 12.8 Å². The van der Waals surface area contributed by atoms with Gasteiger partial charge in [-0.15, -0.1) is 5.10 Å². The summed E-state index contributed by atoms with van der Waals surface area (Å²) in [6.07, 6.45) is 5.70. The zero-order chi connectivity index (χ0) is 24.4. The van der Waals surface area contributed by atoms with Gasteiger partial charge in [0, 0.05) is 36.0 Å². The minimum absolute atomic E-state index is 0.0899. The van der Waals surface area contributed by atoms with Crippen LogP contribution in [0.4, 0.5) is 5.82 Å². The van der Waals surface area contributed by atoms with Crippen molar-refractivity contribution in [2.24, 2.45) is 5.92 Å². The van der Waals surface area contributed by atoms with Crippen LogP contribution in [0.1, 0.15) is 70.9 Å². The van der Waals surface area contributed by atoms with Crippen molar-refractivity contribution in [3.63, 3.8) is 0 Å². The van der Waals surface area contributed by atoms with Gasteiger partial charge >= 0.3 is 0 Å². The highest BCUT2D eigenvalue weighted by Crippen LogP contribution is 2.39. The van der Waals surface area contributed by atoms with Gasteiger partial charge in [-0.3, -0.25) is 9.59 Å². The third-order valence-corrected chi connectivity index (χ3v) is 7.80. The SMILES string of the molecule is Cc1cc(-c2ccn3nc(N)c(C(=O)N[C@H]4CC[C@H](O)C4)c3n2)cc2c1C(=O)N([C@@H](C)C1CC1)C2. The first kappa shape index (κ1) is 22.0. The van der Waals surface area contributed by atoms with Gasteiger partial charge in [-0.05, 0) is 81.2 Å². The number of nitrogen functional groups attached to an aromatic ring is 1. The summed E-state index contributed by atoms with van der Waals surface area (Å²) in [7, 11) is 0. The van der Waals surface area contributed by atoms with E-state index in [1.54, 1.807) is 6.20 Å². The first-order valence-corrected chi connectivity index (χ1v) is 12.4. The molecule has 2 aromatic heterocycles. The Kier molecular flexibility index (Phi) is 5.07. The Morgan fingerprint density at radius 2 is 2.06 bits per heavy atom. The first-order valence-electron chi connectivity index (χ1n) is 12.4. The Morgan fingerprint density at radius 3 is 2.77 bits per heavy atom. The summed E-state index contributed by atoms with van der Waals surface area (Å²) in [6.45, 7) is 4.73. The highest BCUT2D eigenvalue weighted by molar-refractivity contribution is 6.04. The third kappa shape index (κ3) is 3.74. The number of carbonyl (C=O) groups excluding carboxylic acids is 2. The topological polar surface area (TPSA) is 126 Å². The molecule has 0 saturated heterocycles. The van der Waals surface area contributed by atoms with Gasteiger partial charge in [-0.1, -0.05) is 0 Å². The molecular weight excluding hydrogens is 444 g/mol. The summed E-state index contributed by atoms with van der Waals surface area (Å²) in [5.41, 5.74) is 11.1. The number of hydrogen-bond acceptors (Lipinski definition) is 6. The highest BCUT2D eigenvalue weighted by atomic mass is 16.3. The number of aryl methyl sites for hydroxylation is 1. The molecule has 1 aromatic carbocycles. The maximum Gasteiger partial charge on any atom is 0.259 e. The number of aliphatic hydroxyl groups excluding tert-OH is 1. The molecule has 4 N–H and O–H groups in total. The molecule has 6 rings (SSSR count). The number of rotatable bonds is 5. The lowest BCUT2D eigenvalue weighted by Gasteiger charge is -2.24. The molecule has 3 heterocycles. The van der Waals surface area contributed by atoms with E-state index in [1.807, 2.05) is 30.0 Å². The largest absolute Gasteiger partial charge is 0.393 e. The molecule has 2 aliphatic carbocycles. The number of nitrogens with one attached hydrogen (secondary N) is 1. The maximum absolute atomic E-state index is 13.1. The number of fused-ring (bicyclic) bond motifs is 2. The molecule has 0 bridgehead atoms. The molecule has 9 heteroatoms. The normalized spacial score (nSPS) is 22.6. The number of nitrogens with zero attached hydrogens (tertiary/aromatic N) is 4. The van der Waals surface area contributed by atoms with E-state index in [0.717, 1.165) is 28.7 Å². The Bertz CT molecular complexity index is 1360. The number of aliphatic hydroxyl groups is 1. The predicted molar refractivity (Wildman–Crippen MR) is 131 cm³/mol. The molecule has 9 nitrogen and oxygen atoms in total. The molecule has 0 radical (unpaired) electrons. The fourth-order valence-corrected chi connectivity index (χ4v) is 5.67. The lowest BCUT2D eigenvalue weighted by Crippen LogP contribution is -2.34. The average molecular weight is 475 g/mol. The van der Waals surface area contributed by atoms with Crippen molar-refractivity contribution in [3.05, 3.63) is 46.6 Å². The van der Waals surface area contributed by atoms with E-state index < -0.39 is 0 Å². The van der Waals surface area contributed by atoms with E-state index in [9.17, 15) is 14.7 Å². The first-order chi connectivity index (χ1) is 16.8. The van der Waals surface area contributed by atoms with E-state index in [4.69, 9.17) is 10.7 Å². The van der Waals surface area contributed by atoms with Crippen molar-refractivity contribution < 1.29 is 14.7 Å². The highest BCUT2D eigenvalue weighted by Gasteiger charge is 2.39. The maximum atomic E-state index is 13.1. The van der Waals surface area contributed by atoms with Gasteiger partial charge in [0.15, 0.2) is 11.5 Å². The second kappa shape index (κ2) is 8.05. The van der Waals surface area contributed by atoms with Crippen LogP contribution >= 0.6 is 0 Å². The zero-order valence-electron chi connectivity index (χ0n) is 20.0. The van der Waals surface area contributed by atoms with Crippen LogP contribution in [0.15, 0.2) is 24.4 Å². The number of aromatic nitrogens is 3. The second-order valence-electron chi connectivity index (χ2n) is 10.3. The van der Waals surface area contributed by atoms with Crippen LogP contribution in [0.3, 0.4) is 0 Å². The van der Waals surface area contributed by atoms with E-state index in [-0.39, 0.29) is 41.4 Å². The fraction of sp³-hybridized carbons (Fsp3) is 0.462. The fourth-order valence-electron chi connectivity index (χ4n) is 5.67. The molecule has 0 unspecified atom stereocenters. The number of amides is 2. The average Bonchev–Trinajstić information content (AvgIpc) is 3.39. The van der Waals surface area contributed by atoms with Gasteiger partial charge in [0.25, 0.3) is 11.8 Å². The lowest BCUT2D eigenvalue weighted by atomic mass is 9.98. The number of hydrogen-bond donors (Lipinski definition) is 3. The van der Waals surface area contributed by atoms with E-state index in [2.05, 4.69) is 17.3 Å². The van der Waals surface area contributed by atoms with Crippen LogP contribution < -0.4 is 11.1 Å². The van der Waals surface area contributed by atoms with Gasteiger partial charge in [-0.2, -0.15) is 0 Å². The standard InChI is InChI=1S/C26H30N6O3/c1-13-9-16(10-17-12-31(26(35)21(13)17)14(2)15-3-4-15)20-7-8-32-24(29-20)22(23(27)30-32)25(34)28-18-5-6-19(33)11-18/h7-10,14-15,18-19,33H,3-6,11-12H2,1-2H3,(H2,27,30)(H,28,34)/t14-,18-,19-/m0/s1. The van der Waals surface area contributed by atoms with Crippen LogP contribution in [0.2, 0.25) is 0 Å². The molecule has 3 aromatic rings. The number of nitrogens with two attached hydrogens (primary N) is 1. The number of benzene rings is 1. The van der Waals surface area contributed by atoms with Gasteiger partial charge in [0.2, 0.25) is 0 Å². The van der Waals surface area contributed by atoms with Gasteiger partial charge in [-0.25, -0.2) is 9.50 Å². The van der Waals surface area contributed by atoms with E-state index in [0.29, 0.717) is 36.6 Å². The van der Waals surface area contributed by atoms with E-state index in [1.165, 1.54) is 17.4 Å². The van der Waals surface area contributed by atoms with Crippen molar-refractivity contribution in [1.82, 2.24) is 24.8 Å². The smallest absolute Gasteiger partial charge is 0.259 e. The molecule has 182 valence electrons. The molecule has 35 heavy (non-hydrogen) atoms. The van der Waals surface area contributed by atoms with Gasteiger partial charge in [0.05, 0.1) is 11.8 Å². The summed E-state index contributed by atoms with van der Waals surface area (Å²) in [5.74, 6) is 0.515. The minimum atomic E-state index is -0.385. The summed E-state index contributed by atoms with van der Waals surface area (Å²) in [5, 5.41) is 17.0. The molecule has 2 saturated carbocycles. The molecule has 2 fully saturated rings. The van der Waals surface area contributed by atoms with Gasteiger partial charge in [0.1, 0.15) is 5.56 Å². The molecule has 3 aliphatic rings. The Hall–Kier alpha value is -3.46. The summed E-state index contributed by atoms with van der Waals surface area (Å²) < 4.78 is 1.51. The molecule has 2 amide bonds. The van der Waals surface area contributed by atoms with Crippen LogP contribution in [0.5, 0.6) is 0 Å². The van der Waals surface area contributed by atoms with Crippen LogP contribution in [-0.4, -0.2) is 54.6 Å². The predicted octanol–water partition coefficient (Wildman–Crippen LogP) is 2.68. The zero-order valence-corrected chi connectivity index (χ0v) is 20.0. The Morgan fingerprint density at radius 1 is 1.26 bits per heavy atom. The number of anilines is 1. The molecule has 3 atom stereocenters. The lowest BCUT2D eigenvalue weighted by molar-refractivity contribution is 0.0696. The van der Waals surface area contributed by atoms with Crippen molar-refractivity contribution in [1.29, 1.82) is 0 Å². The number of carbonyl (C=O) groups is 2. The summed E-state index contributed by atoms with van der Waals surface area (Å²) in [4.78, 5) is 32.9. The van der Waals surface area contributed by atoms with Crippen molar-refractivity contribution >= 4 is 23.3 Å². The summed E-state index contributed by atoms with van der Waals surface area (Å²) >= 11 is 0. The van der Waals surface area contributed by atoms with Crippen molar-refractivity contribution in [2.75, 3.05) is 5.73 Å². The Labute approximate surface area is 203 Å². The van der Waals surface area contributed by atoms with Crippen molar-refractivity contribution in [2.45, 2.75) is 70.7 Å². The van der Waals surface area contributed by atoms with Gasteiger partial charge < -0.3 is 21.1 Å². The minimum Gasteiger partial charge on any atom is -0.393 e. The Balaban J connectivity index is 1.33. The molecule has 1 aliphatic heterocycles. The third-order valence-electron chi connectivity index (χ3n) is 7.80. The van der Waals surface area contributed by atoms with Crippen LogP contribution in [0.25, 0.3) is 16.9 Å². The molecular formula is C26H30N6O3. The van der Waals surface area contributed by atoms with Crippen molar-refractivity contribution in [3.8, 4) is 11.3 Å². The van der Waals surface area contributed by atoms with Crippen LogP contribution in [-0.2, 0) is 6.54 Å². The monoisotopic (exact) mass is 474 g/mol. The van der Waals surface area contributed by atoms with E-state index >= 15 is 0 Å². The quantitative estimate of drug-likeness (QED) is 0.522. The summed E-state index contributed by atoms with van der Waals surface area (Å²) in [6, 6.07) is 6.03. The second-order valence-corrected chi connectivity index (χ2v) is 10.3. The molecule has 0 spiro atoms.